The lowest BCUT2D eigenvalue weighted by molar-refractivity contribution is -0.123. The molecule has 12 heteroatoms. The minimum absolute atomic E-state index is 0.0994. The fourth-order valence-corrected chi connectivity index (χ4v) is 5.26. The van der Waals surface area contributed by atoms with Crippen molar-refractivity contribution in [3.8, 4) is 0 Å². The molecule has 164 valence electrons. The number of nitrogens with one attached hydrogen (secondary N) is 2. The van der Waals surface area contributed by atoms with Gasteiger partial charge in [0.25, 0.3) is 11.1 Å². The SMILES string of the molecule is CC(C)Nc1nnc(SCC(=O)NCCN2C(=O)S/C(=C\c3ccccc3Cl)C2=O)s1. The Bertz CT molecular complexity index is 1010. The molecule has 0 radical (unpaired) electrons. The third-order valence-corrected chi connectivity index (χ3v) is 7.11. The second-order valence-electron chi connectivity index (χ2n) is 6.67. The number of rotatable bonds is 9. The largest absolute Gasteiger partial charge is 0.358 e. The summed E-state index contributed by atoms with van der Waals surface area (Å²) in [5.41, 5.74) is 0.670. The van der Waals surface area contributed by atoms with Crippen LogP contribution in [0.3, 0.4) is 0 Å². The van der Waals surface area contributed by atoms with Crippen LogP contribution in [0.15, 0.2) is 33.5 Å². The first-order valence-electron chi connectivity index (χ1n) is 9.33. The molecule has 8 nitrogen and oxygen atoms in total. The van der Waals surface area contributed by atoms with Gasteiger partial charge >= 0.3 is 0 Å². The number of imide groups is 1. The van der Waals surface area contributed by atoms with Gasteiger partial charge in [0, 0.05) is 24.2 Å². The average molecular weight is 498 g/mol. The van der Waals surface area contributed by atoms with Crippen LogP contribution >= 0.6 is 46.5 Å². The minimum atomic E-state index is -0.391. The molecule has 1 aliphatic heterocycles. The second-order valence-corrected chi connectivity index (χ2v) is 10.3. The van der Waals surface area contributed by atoms with Crippen LogP contribution in [0.5, 0.6) is 0 Å². The highest BCUT2D eigenvalue weighted by atomic mass is 35.5. The molecule has 0 saturated carbocycles. The predicted octanol–water partition coefficient (Wildman–Crippen LogP) is 3.96. The van der Waals surface area contributed by atoms with Crippen molar-refractivity contribution in [2.75, 3.05) is 24.2 Å². The van der Waals surface area contributed by atoms with Crippen molar-refractivity contribution < 1.29 is 14.4 Å². The molecule has 1 aliphatic rings. The Morgan fingerprint density at radius 1 is 1.29 bits per heavy atom. The maximum Gasteiger partial charge on any atom is 0.293 e. The molecule has 0 unspecified atom stereocenters. The zero-order valence-corrected chi connectivity index (χ0v) is 20.0. The molecule has 0 atom stereocenters. The monoisotopic (exact) mass is 497 g/mol. The number of aromatic nitrogens is 2. The maximum atomic E-state index is 12.5. The molecule has 1 aromatic heterocycles. The van der Waals surface area contributed by atoms with Crippen molar-refractivity contribution in [1.29, 1.82) is 0 Å². The van der Waals surface area contributed by atoms with Crippen LogP contribution in [0.25, 0.3) is 6.08 Å². The van der Waals surface area contributed by atoms with Gasteiger partial charge in [-0.15, -0.1) is 10.2 Å². The van der Waals surface area contributed by atoms with E-state index in [1.807, 2.05) is 13.8 Å². The van der Waals surface area contributed by atoms with Gasteiger partial charge in [-0.3, -0.25) is 19.3 Å². The first kappa shape index (κ1) is 23.6. The van der Waals surface area contributed by atoms with Gasteiger partial charge < -0.3 is 10.6 Å². The van der Waals surface area contributed by atoms with Crippen LogP contribution in [0.1, 0.15) is 19.4 Å². The first-order valence-corrected chi connectivity index (χ1v) is 12.3. The summed E-state index contributed by atoms with van der Waals surface area (Å²) in [5, 5.41) is 14.8. The van der Waals surface area contributed by atoms with E-state index < -0.39 is 5.91 Å². The number of halogens is 1. The van der Waals surface area contributed by atoms with Gasteiger partial charge in [-0.1, -0.05) is 52.9 Å². The van der Waals surface area contributed by atoms with E-state index in [0.717, 1.165) is 16.7 Å². The molecule has 3 amide bonds. The minimum Gasteiger partial charge on any atom is -0.358 e. The van der Waals surface area contributed by atoms with Crippen molar-refractivity contribution in [3.63, 3.8) is 0 Å². The van der Waals surface area contributed by atoms with Gasteiger partial charge in [0.1, 0.15) is 0 Å². The zero-order chi connectivity index (χ0) is 22.4. The summed E-state index contributed by atoms with van der Waals surface area (Å²) in [6, 6.07) is 7.34. The Balaban J connectivity index is 1.45. The molecule has 2 N–H and O–H groups in total. The Morgan fingerprint density at radius 2 is 2.06 bits per heavy atom. The lowest BCUT2D eigenvalue weighted by atomic mass is 10.2. The molecule has 2 aromatic rings. The summed E-state index contributed by atoms with van der Waals surface area (Å²) < 4.78 is 0.689. The van der Waals surface area contributed by atoms with Gasteiger partial charge in [-0.25, -0.2) is 0 Å². The van der Waals surface area contributed by atoms with Crippen LogP contribution in [0.2, 0.25) is 5.02 Å². The molecule has 0 spiro atoms. The molecule has 3 rings (SSSR count). The summed E-state index contributed by atoms with van der Waals surface area (Å²) >= 11 is 9.64. The molecular weight excluding hydrogens is 478 g/mol. The number of anilines is 1. The number of benzene rings is 1. The van der Waals surface area contributed by atoms with Crippen molar-refractivity contribution in [3.05, 3.63) is 39.8 Å². The molecule has 31 heavy (non-hydrogen) atoms. The number of carbonyl (C=O) groups is 3. The lowest BCUT2D eigenvalue weighted by Gasteiger charge is -2.12. The zero-order valence-electron chi connectivity index (χ0n) is 16.8. The van der Waals surface area contributed by atoms with Crippen molar-refractivity contribution in [2.24, 2.45) is 0 Å². The van der Waals surface area contributed by atoms with Crippen molar-refractivity contribution >= 4 is 74.7 Å². The molecule has 2 heterocycles. The molecular formula is C19H20ClN5O3S3. The second kappa shape index (κ2) is 11.0. The normalized spacial score (nSPS) is 15.2. The number of amides is 3. The third kappa shape index (κ3) is 6.70. The quantitative estimate of drug-likeness (QED) is 0.396. The van der Waals surface area contributed by atoms with Crippen LogP contribution < -0.4 is 10.6 Å². The van der Waals surface area contributed by atoms with E-state index in [4.69, 9.17) is 11.6 Å². The molecule has 1 aromatic carbocycles. The highest BCUT2D eigenvalue weighted by Crippen LogP contribution is 2.33. The fraction of sp³-hybridized carbons (Fsp3) is 0.316. The number of hydrogen-bond acceptors (Lipinski definition) is 9. The fourth-order valence-electron chi connectivity index (χ4n) is 2.48. The van der Waals surface area contributed by atoms with E-state index >= 15 is 0 Å². The van der Waals surface area contributed by atoms with Gasteiger partial charge in [0.15, 0.2) is 4.34 Å². The summed E-state index contributed by atoms with van der Waals surface area (Å²) in [5.74, 6) is -0.431. The summed E-state index contributed by atoms with van der Waals surface area (Å²) in [7, 11) is 0. The van der Waals surface area contributed by atoms with Crippen molar-refractivity contribution in [2.45, 2.75) is 24.2 Å². The van der Waals surface area contributed by atoms with Crippen molar-refractivity contribution in [1.82, 2.24) is 20.4 Å². The summed E-state index contributed by atoms with van der Waals surface area (Å²) in [4.78, 5) is 38.2. The summed E-state index contributed by atoms with van der Waals surface area (Å²) in [6.45, 7) is 4.28. The number of hydrogen-bond donors (Lipinski definition) is 2. The highest BCUT2D eigenvalue weighted by Gasteiger charge is 2.34. The Labute approximate surface area is 197 Å². The average Bonchev–Trinajstić information content (AvgIpc) is 3.26. The van der Waals surface area contributed by atoms with E-state index in [1.165, 1.54) is 23.1 Å². The van der Waals surface area contributed by atoms with E-state index in [9.17, 15) is 14.4 Å². The van der Waals surface area contributed by atoms with Crippen LogP contribution in [0, 0.1) is 0 Å². The first-order chi connectivity index (χ1) is 14.8. The Kier molecular flexibility index (Phi) is 8.35. The maximum absolute atomic E-state index is 12.5. The topological polar surface area (TPSA) is 104 Å². The standard InChI is InChI=1S/C19H20ClN5O3S3/c1-11(2)22-17-23-24-18(31-17)29-10-15(26)21-7-8-25-16(27)14(30-19(25)28)9-12-5-3-4-6-13(12)20/h3-6,9,11H,7-8,10H2,1-2H3,(H,21,26)(H,22,23)/b14-9-. The molecule has 0 aliphatic carbocycles. The van der Waals surface area contributed by atoms with Crippen LogP contribution in [-0.4, -0.2) is 57.0 Å². The Morgan fingerprint density at radius 3 is 2.81 bits per heavy atom. The summed E-state index contributed by atoms with van der Waals surface area (Å²) in [6.07, 6.45) is 1.60. The number of carbonyl (C=O) groups excluding carboxylic acids is 3. The van der Waals surface area contributed by atoms with Gasteiger partial charge in [-0.05, 0) is 43.3 Å². The van der Waals surface area contributed by atoms with Gasteiger partial charge in [0.05, 0.1) is 10.7 Å². The van der Waals surface area contributed by atoms with Crippen LogP contribution in [0.4, 0.5) is 9.93 Å². The number of thioether (sulfide) groups is 2. The van der Waals surface area contributed by atoms with E-state index in [0.29, 0.717) is 25.0 Å². The van der Waals surface area contributed by atoms with E-state index in [2.05, 4.69) is 20.8 Å². The third-order valence-electron chi connectivity index (χ3n) is 3.87. The van der Waals surface area contributed by atoms with E-state index in [1.54, 1.807) is 30.3 Å². The van der Waals surface area contributed by atoms with Crippen LogP contribution in [-0.2, 0) is 9.59 Å². The molecule has 0 bridgehead atoms. The van der Waals surface area contributed by atoms with Gasteiger partial charge in [-0.2, -0.15) is 0 Å². The number of nitrogens with zero attached hydrogens (tertiary/aromatic N) is 3. The Hall–Kier alpha value is -2.08. The van der Waals surface area contributed by atoms with E-state index in [-0.39, 0.29) is 36.0 Å². The molecule has 1 saturated heterocycles. The lowest BCUT2D eigenvalue weighted by Crippen LogP contribution is -2.37. The predicted molar refractivity (Wildman–Crippen MR) is 127 cm³/mol. The molecule has 1 fully saturated rings. The van der Waals surface area contributed by atoms with Gasteiger partial charge in [0.2, 0.25) is 11.0 Å². The highest BCUT2D eigenvalue weighted by molar-refractivity contribution is 8.18. The smallest absolute Gasteiger partial charge is 0.293 e.